The number of fused-ring (bicyclic) bond motifs is 2. The average molecular weight is 275 g/mol. The van der Waals surface area contributed by atoms with Crippen molar-refractivity contribution in [2.45, 2.75) is 6.92 Å². The highest BCUT2D eigenvalue weighted by Gasteiger charge is 2.41. The standard InChI is InChI=1S/C15H11ClO3/c1-15-8-9(16)6-7-12(15)10-4-2-3-5-11(10)13(15)14(17)19-18/h2-8,18H,1H3. The summed E-state index contributed by atoms with van der Waals surface area (Å²) in [5, 5.41) is 11.0. The van der Waals surface area contributed by atoms with Crippen molar-refractivity contribution < 1.29 is 14.9 Å². The Labute approximate surface area is 114 Å². The Morgan fingerprint density at radius 2 is 1.95 bits per heavy atom. The van der Waals surface area contributed by atoms with Crippen molar-refractivity contribution in [2.75, 3.05) is 0 Å². The van der Waals surface area contributed by atoms with E-state index in [0.29, 0.717) is 10.6 Å². The minimum Gasteiger partial charge on any atom is -0.296 e. The molecule has 0 fully saturated rings. The first kappa shape index (κ1) is 12.2. The van der Waals surface area contributed by atoms with Gasteiger partial charge in [0.1, 0.15) is 0 Å². The minimum atomic E-state index is -0.749. The molecule has 19 heavy (non-hydrogen) atoms. The van der Waals surface area contributed by atoms with Crippen LogP contribution >= 0.6 is 11.6 Å². The van der Waals surface area contributed by atoms with Crippen LogP contribution in [0.2, 0.25) is 0 Å². The van der Waals surface area contributed by atoms with Gasteiger partial charge in [-0.25, -0.2) is 4.79 Å². The van der Waals surface area contributed by atoms with Crippen molar-refractivity contribution in [3.05, 3.63) is 58.0 Å². The molecule has 1 aromatic rings. The van der Waals surface area contributed by atoms with Gasteiger partial charge in [-0.2, -0.15) is 5.26 Å². The molecule has 0 aromatic heterocycles. The second-order valence-corrected chi connectivity index (χ2v) is 5.21. The fraction of sp³-hybridized carbons (Fsp3) is 0.133. The smallest absolute Gasteiger partial charge is 0.296 e. The first-order valence-corrected chi connectivity index (χ1v) is 6.22. The Morgan fingerprint density at radius 3 is 2.63 bits per heavy atom. The van der Waals surface area contributed by atoms with E-state index in [1.165, 1.54) is 0 Å². The normalized spacial score (nSPS) is 23.8. The Hall–Kier alpha value is -1.84. The molecule has 1 unspecified atom stereocenters. The maximum Gasteiger partial charge on any atom is 0.370 e. The van der Waals surface area contributed by atoms with E-state index in [-0.39, 0.29) is 0 Å². The molecule has 3 nitrogen and oxygen atoms in total. The number of hydrogen-bond acceptors (Lipinski definition) is 3. The molecule has 0 aliphatic heterocycles. The van der Waals surface area contributed by atoms with Gasteiger partial charge in [0.2, 0.25) is 0 Å². The fourth-order valence-electron chi connectivity index (χ4n) is 2.90. The number of hydrogen-bond donors (Lipinski definition) is 1. The molecule has 1 N–H and O–H groups in total. The van der Waals surface area contributed by atoms with E-state index in [4.69, 9.17) is 16.9 Å². The van der Waals surface area contributed by atoms with E-state index in [1.807, 2.05) is 37.3 Å². The van der Waals surface area contributed by atoms with Crippen molar-refractivity contribution in [1.29, 1.82) is 0 Å². The highest BCUT2D eigenvalue weighted by atomic mass is 35.5. The minimum absolute atomic E-state index is 0.406. The topological polar surface area (TPSA) is 46.5 Å². The van der Waals surface area contributed by atoms with Crippen LogP contribution in [-0.2, 0) is 9.68 Å². The maximum absolute atomic E-state index is 11.9. The van der Waals surface area contributed by atoms with E-state index in [1.54, 1.807) is 12.2 Å². The summed E-state index contributed by atoms with van der Waals surface area (Å²) in [6.07, 6.45) is 5.50. The van der Waals surface area contributed by atoms with Gasteiger partial charge in [0.05, 0.1) is 5.57 Å². The molecule has 1 aromatic carbocycles. The lowest BCUT2D eigenvalue weighted by atomic mass is 9.75. The molecule has 0 saturated heterocycles. The molecule has 4 heteroatoms. The third kappa shape index (κ3) is 1.59. The van der Waals surface area contributed by atoms with Crippen LogP contribution < -0.4 is 10.4 Å². The van der Waals surface area contributed by atoms with Gasteiger partial charge in [-0.15, -0.1) is 0 Å². The molecule has 0 amide bonds. The molecule has 1 atom stereocenters. The third-order valence-corrected chi connectivity index (χ3v) is 3.92. The van der Waals surface area contributed by atoms with Gasteiger partial charge in [-0.05, 0) is 29.0 Å². The molecule has 2 aliphatic carbocycles. The Balaban J connectivity index is 2.46. The average Bonchev–Trinajstić information content (AvgIpc) is 2.65. The number of carbonyl (C=O) groups excluding carboxylic acids is 1. The number of allylic oxidation sites excluding steroid dienone is 4. The molecule has 0 radical (unpaired) electrons. The Kier molecular flexibility index (Phi) is 2.62. The molecule has 2 aliphatic rings. The number of rotatable bonds is 1. The predicted molar refractivity (Wildman–Crippen MR) is 72.4 cm³/mol. The van der Waals surface area contributed by atoms with Crippen LogP contribution in [0.15, 0.2) is 47.5 Å². The van der Waals surface area contributed by atoms with Crippen LogP contribution in [0, 0.1) is 5.41 Å². The highest BCUT2D eigenvalue weighted by Crippen LogP contribution is 2.44. The maximum atomic E-state index is 11.9. The van der Waals surface area contributed by atoms with E-state index in [2.05, 4.69) is 4.89 Å². The first-order chi connectivity index (χ1) is 9.08. The quantitative estimate of drug-likeness (QED) is 0.626. The zero-order chi connectivity index (χ0) is 13.6. The van der Waals surface area contributed by atoms with Crippen LogP contribution in [0.1, 0.15) is 6.92 Å². The highest BCUT2D eigenvalue weighted by molar-refractivity contribution is 6.32. The number of carbonyl (C=O) groups is 1. The van der Waals surface area contributed by atoms with Crippen molar-refractivity contribution >= 4 is 28.7 Å². The SMILES string of the molecule is CC12C=C(Cl)C=CC1=c1ccccc1=C2C(=O)OO. The summed E-state index contributed by atoms with van der Waals surface area (Å²) in [6.45, 7) is 1.89. The summed E-state index contributed by atoms with van der Waals surface area (Å²) in [6, 6.07) is 7.54. The van der Waals surface area contributed by atoms with Crippen LogP contribution in [0.5, 0.6) is 0 Å². The Bertz CT molecular complexity index is 758. The molecular formula is C15H11ClO3. The summed E-state index contributed by atoms with van der Waals surface area (Å²) in [5.41, 5.74) is 0.714. The second-order valence-electron chi connectivity index (χ2n) is 4.78. The zero-order valence-electron chi connectivity index (χ0n) is 10.2. The fourth-order valence-corrected chi connectivity index (χ4v) is 3.18. The van der Waals surface area contributed by atoms with E-state index >= 15 is 0 Å². The molecule has 0 heterocycles. The largest absolute Gasteiger partial charge is 0.370 e. The summed E-state index contributed by atoms with van der Waals surface area (Å²) < 4.78 is 0. The van der Waals surface area contributed by atoms with Gasteiger partial charge in [0.15, 0.2) is 0 Å². The van der Waals surface area contributed by atoms with Crippen molar-refractivity contribution in [3.8, 4) is 0 Å². The first-order valence-electron chi connectivity index (χ1n) is 5.85. The van der Waals surface area contributed by atoms with E-state index in [0.717, 1.165) is 16.0 Å². The Morgan fingerprint density at radius 1 is 1.26 bits per heavy atom. The van der Waals surface area contributed by atoms with E-state index in [9.17, 15) is 4.79 Å². The van der Waals surface area contributed by atoms with Gasteiger partial charge >= 0.3 is 5.97 Å². The molecular weight excluding hydrogens is 264 g/mol. The predicted octanol–water partition coefficient (Wildman–Crippen LogP) is 1.72. The summed E-state index contributed by atoms with van der Waals surface area (Å²) in [7, 11) is 0. The van der Waals surface area contributed by atoms with Gasteiger partial charge < -0.3 is 0 Å². The number of benzene rings is 1. The van der Waals surface area contributed by atoms with Crippen LogP contribution in [0.4, 0.5) is 0 Å². The molecule has 96 valence electrons. The van der Waals surface area contributed by atoms with Gasteiger partial charge in [0.25, 0.3) is 0 Å². The zero-order valence-corrected chi connectivity index (χ0v) is 10.9. The lowest BCUT2D eigenvalue weighted by Crippen LogP contribution is -2.27. The monoisotopic (exact) mass is 274 g/mol. The number of halogens is 1. The third-order valence-electron chi connectivity index (χ3n) is 3.69. The van der Waals surface area contributed by atoms with Crippen LogP contribution in [0.25, 0.3) is 11.1 Å². The molecule has 0 bridgehead atoms. The lowest BCUT2D eigenvalue weighted by molar-refractivity contribution is -0.227. The van der Waals surface area contributed by atoms with Crippen molar-refractivity contribution in [1.82, 2.24) is 0 Å². The van der Waals surface area contributed by atoms with Crippen LogP contribution in [0.3, 0.4) is 0 Å². The van der Waals surface area contributed by atoms with Crippen molar-refractivity contribution in [3.63, 3.8) is 0 Å². The molecule has 0 spiro atoms. The second kappa shape index (κ2) is 4.08. The summed E-state index contributed by atoms with van der Waals surface area (Å²) >= 11 is 6.06. The molecule has 0 saturated carbocycles. The van der Waals surface area contributed by atoms with E-state index < -0.39 is 11.4 Å². The van der Waals surface area contributed by atoms with Gasteiger partial charge in [-0.1, -0.05) is 48.0 Å². The summed E-state index contributed by atoms with van der Waals surface area (Å²) in [4.78, 5) is 15.9. The summed E-state index contributed by atoms with van der Waals surface area (Å²) in [5.74, 6) is -0.749. The molecule has 3 rings (SSSR count). The van der Waals surface area contributed by atoms with Gasteiger partial charge in [-0.3, -0.25) is 4.89 Å². The lowest BCUT2D eigenvalue weighted by Gasteiger charge is -2.28. The van der Waals surface area contributed by atoms with Crippen molar-refractivity contribution in [2.24, 2.45) is 5.41 Å². The van der Waals surface area contributed by atoms with Crippen LogP contribution in [-0.4, -0.2) is 11.2 Å². The van der Waals surface area contributed by atoms with Gasteiger partial charge in [0, 0.05) is 10.4 Å².